The van der Waals surface area contributed by atoms with Gasteiger partial charge in [0.05, 0.1) is 29.4 Å². The Morgan fingerprint density at radius 2 is 1.84 bits per heavy atom. The van der Waals surface area contributed by atoms with Crippen molar-refractivity contribution in [3.8, 4) is 11.5 Å². The molecule has 2 amide bonds. The number of nitrogens with zero attached hydrogens (tertiary/aromatic N) is 1. The minimum absolute atomic E-state index is 0.0558. The normalized spacial score (nSPS) is 18.4. The first kappa shape index (κ1) is 23.1. The standard InChI is InChI=1S/C24H29BrN2O4/c1-5-31-22-19(25)11-17(12-21(22)30-4)23(28)26-20-9-7-6-8-18(20)24(29)27-13-15(2)10-16(3)14-27/h6-9,11-12,15-16H,5,10,13-14H2,1-4H3,(H,26,28). The number of piperidine rings is 1. The number of carbonyl (C=O) groups excluding carboxylic acids is 2. The summed E-state index contributed by atoms with van der Waals surface area (Å²) in [5.74, 6) is 1.54. The third-order valence-corrected chi connectivity index (χ3v) is 5.93. The lowest BCUT2D eigenvalue weighted by Gasteiger charge is -2.35. The molecule has 1 fully saturated rings. The highest BCUT2D eigenvalue weighted by molar-refractivity contribution is 9.10. The lowest BCUT2D eigenvalue weighted by Crippen LogP contribution is -2.42. The van der Waals surface area contributed by atoms with Gasteiger partial charge < -0.3 is 19.7 Å². The molecule has 0 bridgehead atoms. The highest BCUT2D eigenvalue weighted by atomic mass is 79.9. The highest BCUT2D eigenvalue weighted by Crippen LogP contribution is 2.37. The molecule has 0 radical (unpaired) electrons. The summed E-state index contributed by atoms with van der Waals surface area (Å²) in [5.41, 5.74) is 1.39. The zero-order valence-electron chi connectivity index (χ0n) is 18.4. The maximum atomic E-state index is 13.2. The molecule has 0 aromatic heterocycles. The second-order valence-electron chi connectivity index (χ2n) is 8.08. The molecular weight excluding hydrogens is 460 g/mol. The molecule has 2 aromatic rings. The van der Waals surface area contributed by atoms with Gasteiger partial charge in [0.25, 0.3) is 11.8 Å². The Bertz CT molecular complexity index is 953. The van der Waals surface area contributed by atoms with Crippen molar-refractivity contribution < 1.29 is 19.1 Å². The van der Waals surface area contributed by atoms with Gasteiger partial charge in [-0.15, -0.1) is 0 Å². The first-order chi connectivity index (χ1) is 14.8. The number of hydrogen-bond acceptors (Lipinski definition) is 4. The van der Waals surface area contributed by atoms with Crippen LogP contribution in [-0.2, 0) is 0 Å². The number of hydrogen-bond donors (Lipinski definition) is 1. The van der Waals surface area contributed by atoms with Crippen LogP contribution in [0, 0.1) is 11.8 Å². The van der Waals surface area contributed by atoms with E-state index in [2.05, 4.69) is 35.1 Å². The van der Waals surface area contributed by atoms with E-state index in [0.717, 1.165) is 19.5 Å². The van der Waals surface area contributed by atoms with E-state index in [-0.39, 0.29) is 11.8 Å². The van der Waals surface area contributed by atoms with E-state index in [1.54, 1.807) is 24.3 Å². The molecule has 3 rings (SSSR count). The number of methoxy groups -OCH3 is 1. The zero-order valence-corrected chi connectivity index (χ0v) is 20.0. The van der Waals surface area contributed by atoms with Crippen molar-refractivity contribution in [2.24, 2.45) is 11.8 Å². The number of rotatable bonds is 6. The molecule has 1 aliphatic heterocycles. The lowest BCUT2D eigenvalue weighted by molar-refractivity contribution is 0.0624. The monoisotopic (exact) mass is 488 g/mol. The minimum atomic E-state index is -0.331. The van der Waals surface area contributed by atoms with Crippen molar-refractivity contribution in [3.63, 3.8) is 0 Å². The molecule has 1 aliphatic rings. The molecule has 2 atom stereocenters. The predicted molar refractivity (Wildman–Crippen MR) is 125 cm³/mol. The van der Waals surface area contributed by atoms with Crippen molar-refractivity contribution >= 4 is 33.4 Å². The van der Waals surface area contributed by atoms with Crippen molar-refractivity contribution in [1.29, 1.82) is 0 Å². The molecule has 2 aromatic carbocycles. The summed E-state index contributed by atoms with van der Waals surface area (Å²) in [6.45, 7) is 8.15. The molecule has 0 spiro atoms. The molecule has 1 saturated heterocycles. The Balaban J connectivity index is 1.85. The van der Waals surface area contributed by atoms with Gasteiger partial charge in [0.15, 0.2) is 11.5 Å². The van der Waals surface area contributed by atoms with Crippen molar-refractivity contribution in [3.05, 3.63) is 52.0 Å². The van der Waals surface area contributed by atoms with Gasteiger partial charge in [0.1, 0.15) is 0 Å². The van der Waals surface area contributed by atoms with Gasteiger partial charge in [-0.1, -0.05) is 26.0 Å². The van der Waals surface area contributed by atoms with Crippen LogP contribution in [0.4, 0.5) is 5.69 Å². The van der Waals surface area contributed by atoms with Gasteiger partial charge in [-0.05, 0) is 65.4 Å². The number of para-hydroxylation sites is 1. The van der Waals surface area contributed by atoms with Crippen LogP contribution in [0.5, 0.6) is 11.5 Å². The Labute approximate surface area is 192 Å². The number of nitrogens with one attached hydrogen (secondary N) is 1. The maximum absolute atomic E-state index is 13.2. The van der Waals surface area contributed by atoms with Gasteiger partial charge in [-0.25, -0.2) is 0 Å². The number of ether oxygens (including phenoxy) is 2. The van der Waals surface area contributed by atoms with E-state index in [1.165, 1.54) is 7.11 Å². The number of halogens is 1. The first-order valence-corrected chi connectivity index (χ1v) is 11.3. The molecule has 6 nitrogen and oxygen atoms in total. The highest BCUT2D eigenvalue weighted by Gasteiger charge is 2.27. The van der Waals surface area contributed by atoms with Gasteiger partial charge in [0, 0.05) is 18.7 Å². The summed E-state index contributed by atoms with van der Waals surface area (Å²) >= 11 is 3.45. The Hall–Kier alpha value is -2.54. The van der Waals surface area contributed by atoms with E-state index >= 15 is 0 Å². The maximum Gasteiger partial charge on any atom is 0.255 e. The van der Waals surface area contributed by atoms with Gasteiger partial charge >= 0.3 is 0 Å². The Kier molecular flexibility index (Phi) is 7.59. The summed E-state index contributed by atoms with van der Waals surface area (Å²) in [4.78, 5) is 28.1. The zero-order chi connectivity index (χ0) is 22.5. The van der Waals surface area contributed by atoms with Crippen molar-refractivity contribution in [1.82, 2.24) is 4.90 Å². The fourth-order valence-corrected chi connectivity index (χ4v) is 4.66. The van der Waals surface area contributed by atoms with Crippen LogP contribution in [-0.4, -0.2) is 43.5 Å². The van der Waals surface area contributed by atoms with Crippen LogP contribution in [0.25, 0.3) is 0 Å². The number of anilines is 1. The second-order valence-corrected chi connectivity index (χ2v) is 8.93. The third kappa shape index (κ3) is 5.39. The molecule has 2 unspecified atom stereocenters. The third-order valence-electron chi connectivity index (χ3n) is 5.34. The van der Waals surface area contributed by atoms with E-state index in [1.807, 2.05) is 24.0 Å². The van der Waals surface area contributed by atoms with Gasteiger partial charge in [-0.2, -0.15) is 0 Å². The molecule has 1 heterocycles. The Morgan fingerprint density at radius 3 is 2.48 bits per heavy atom. The summed E-state index contributed by atoms with van der Waals surface area (Å²) < 4.78 is 11.6. The minimum Gasteiger partial charge on any atom is -0.493 e. The molecular formula is C24H29BrN2O4. The molecule has 166 valence electrons. The number of amides is 2. The molecule has 0 saturated carbocycles. The SMILES string of the molecule is CCOc1c(Br)cc(C(=O)Nc2ccccc2C(=O)N2CC(C)CC(C)C2)cc1OC. The molecule has 1 N–H and O–H groups in total. The summed E-state index contributed by atoms with van der Waals surface area (Å²) in [5, 5.41) is 2.90. The van der Waals surface area contributed by atoms with Crippen molar-refractivity contribution in [2.45, 2.75) is 27.2 Å². The van der Waals surface area contributed by atoms with Crippen LogP contribution < -0.4 is 14.8 Å². The van der Waals surface area contributed by atoms with Crippen LogP contribution >= 0.6 is 15.9 Å². The average molecular weight is 489 g/mol. The fraction of sp³-hybridized carbons (Fsp3) is 0.417. The van der Waals surface area contributed by atoms with Crippen LogP contribution in [0.1, 0.15) is 47.9 Å². The van der Waals surface area contributed by atoms with Crippen LogP contribution in [0.2, 0.25) is 0 Å². The quantitative estimate of drug-likeness (QED) is 0.604. The predicted octanol–water partition coefficient (Wildman–Crippen LogP) is 5.23. The average Bonchev–Trinajstić information content (AvgIpc) is 2.74. The second kappa shape index (κ2) is 10.2. The topological polar surface area (TPSA) is 67.9 Å². The van der Waals surface area contributed by atoms with Gasteiger partial charge in [-0.3, -0.25) is 9.59 Å². The van der Waals surface area contributed by atoms with E-state index in [0.29, 0.717) is 51.2 Å². The summed E-state index contributed by atoms with van der Waals surface area (Å²) in [7, 11) is 1.53. The largest absolute Gasteiger partial charge is 0.493 e. The lowest BCUT2D eigenvalue weighted by atomic mass is 9.91. The summed E-state index contributed by atoms with van der Waals surface area (Å²) in [6, 6.07) is 10.4. The Morgan fingerprint density at radius 1 is 1.16 bits per heavy atom. The first-order valence-electron chi connectivity index (χ1n) is 10.5. The molecule has 31 heavy (non-hydrogen) atoms. The fourth-order valence-electron chi connectivity index (χ4n) is 4.11. The van der Waals surface area contributed by atoms with Crippen LogP contribution in [0.15, 0.2) is 40.9 Å². The van der Waals surface area contributed by atoms with E-state index < -0.39 is 0 Å². The van der Waals surface area contributed by atoms with Crippen LogP contribution in [0.3, 0.4) is 0 Å². The molecule has 7 heteroatoms. The molecule has 0 aliphatic carbocycles. The number of carbonyl (C=O) groups is 2. The summed E-state index contributed by atoms with van der Waals surface area (Å²) in [6.07, 6.45) is 1.12. The number of likely N-dealkylation sites (tertiary alicyclic amines) is 1. The smallest absolute Gasteiger partial charge is 0.255 e. The van der Waals surface area contributed by atoms with E-state index in [9.17, 15) is 9.59 Å². The van der Waals surface area contributed by atoms with Gasteiger partial charge in [0.2, 0.25) is 0 Å². The van der Waals surface area contributed by atoms with Crippen molar-refractivity contribution in [2.75, 3.05) is 32.1 Å². The number of benzene rings is 2. The van der Waals surface area contributed by atoms with E-state index in [4.69, 9.17) is 9.47 Å².